The Labute approximate surface area is 172 Å². The van der Waals surface area contributed by atoms with Gasteiger partial charge in [-0.05, 0) is 42.5 Å². The van der Waals surface area contributed by atoms with Gasteiger partial charge in [-0.2, -0.15) is 0 Å². The molecule has 0 unspecified atom stereocenters. The van der Waals surface area contributed by atoms with Gasteiger partial charge >= 0.3 is 5.97 Å². The minimum atomic E-state index is -3.64. The topological polar surface area (TPSA) is 106 Å². The van der Waals surface area contributed by atoms with Crippen molar-refractivity contribution in [2.75, 3.05) is 26.0 Å². The van der Waals surface area contributed by atoms with Crippen molar-refractivity contribution in [1.82, 2.24) is 4.31 Å². The lowest BCUT2D eigenvalue weighted by molar-refractivity contribution is -0.119. The monoisotopic (exact) mass is 436 g/mol. The number of hydrogen-bond acceptors (Lipinski definition) is 6. The third-order valence-corrected chi connectivity index (χ3v) is 5.96. The summed E-state index contributed by atoms with van der Waals surface area (Å²) in [4.78, 5) is 24.2. The van der Waals surface area contributed by atoms with E-state index in [4.69, 9.17) is 20.8 Å². The molecule has 0 aliphatic carbocycles. The second kappa shape index (κ2) is 8.24. The molecule has 8 nitrogen and oxygen atoms in total. The largest absolute Gasteiger partial charge is 0.450 e. The highest BCUT2D eigenvalue weighted by Crippen LogP contribution is 2.23. The van der Waals surface area contributed by atoms with Crippen LogP contribution in [0.15, 0.2) is 57.8 Å². The number of carbonyl (C=O) groups excluding carboxylic acids is 2. The van der Waals surface area contributed by atoms with Crippen LogP contribution in [0, 0.1) is 0 Å². The SMILES string of the molecule is CN(C)S(=O)(=O)c1cccc(NC(=O)COC(=O)c2cc3cc(Cl)ccc3o2)c1. The number of esters is 1. The molecule has 2 aromatic carbocycles. The van der Waals surface area contributed by atoms with E-state index >= 15 is 0 Å². The first-order valence-electron chi connectivity index (χ1n) is 8.35. The van der Waals surface area contributed by atoms with Crippen LogP contribution in [0.3, 0.4) is 0 Å². The van der Waals surface area contributed by atoms with E-state index in [0.717, 1.165) is 4.31 Å². The number of rotatable bonds is 6. The fourth-order valence-electron chi connectivity index (χ4n) is 2.46. The minimum Gasteiger partial charge on any atom is -0.450 e. The van der Waals surface area contributed by atoms with Crippen LogP contribution in [-0.2, 0) is 19.6 Å². The van der Waals surface area contributed by atoms with Crippen LogP contribution >= 0.6 is 11.6 Å². The molecule has 0 aliphatic rings. The Balaban J connectivity index is 1.63. The first kappa shape index (κ1) is 20.8. The van der Waals surface area contributed by atoms with Crippen molar-refractivity contribution in [2.45, 2.75) is 4.90 Å². The Morgan fingerprint density at radius 1 is 1.14 bits per heavy atom. The van der Waals surface area contributed by atoms with E-state index in [1.54, 1.807) is 18.2 Å². The van der Waals surface area contributed by atoms with Gasteiger partial charge in [0, 0.05) is 30.2 Å². The summed E-state index contributed by atoms with van der Waals surface area (Å²) in [5, 5.41) is 3.62. The summed E-state index contributed by atoms with van der Waals surface area (Å²) in [7, 11) is -0.820. The van der Waals surface area contributed by atoms with Gasteiger partial charge in [-0.3, -0.25) is 4.79 Å². The zero-order chi connectivity index (χ0) is 21.2. The first-order valence-corrected chi connectivity index (χ1v) is 10.2. The number of halogens is 1. The number of anilines is 1. The summed E-state index contributed by atoms with van der Waals surface area (Å²) < 4.78 is 35.7. The highest BCUT2D eigenvalue weighted by Gasteiger charge is 2.19. The normalized spacial score (nSPS) is 11.6. The van der Waals surface area contributed by atoms with Gasteiger partial charge in [-0.1, -0.05) is 17.7 Å². The molecule has 29 heavy (non-hydrogen) atoms. The van der Waals surface area contributed by atoms with Gasteiger partial charge in [0.05, 0.1) is 4.90 Å². The van der Waals surface area contributed by atoms with Gasteiger partial charge in [-0.15, -0.1) is 0 Å². The highest BCUT2D eigenvalue weighted by atomic mass is 35.5. The second-order valence-corrected chi connectivity index (χ2v) is 8.82. The molecule has 0 saturated heterocycles. The van der Waals surface area contributed by atoms with E-state index in [-0.39, 0.29) is 16.3 Å². The first-order chi connectivity index (χ1) is 13.7. The second-order valence-electron chi connectivity index (χ2n) is 6.23. The van der Waals surface area contributed by atoms with Crippen molar-refractivity contribution < 1.29 is 27.2 Å². The van der Waals surface area contributed by atoms with Crippen LogP contribution in [0.4, 0.5) is 5.69 Å². The molecular formula is C19H17ClN2O6S. The van der Waals surface area contributed by atoms with Crippen molar-refractivity contribution in [3.63, 3.8) is 0 Å². The highest BCUT2D eigenvalue weighted by molar-refractivity contribution is 7.89. The Kier molecular flexibility index (Phi) is 5.92. The molecule has 1 amide bonds. The smallest absolute Gasteiger partial charge is 0.374 e. The molecule has 152 valence electrons. The van der Waals surface area contributed by atoms with Crippen molar-refractivity contribution in [2.24, 2.45) is 0 Å². The molecule has 0 spiro atoms. The maximum atomic E-state index is 12.2. The molecule has 1 aromatic heterocycles. The molecule has 0 radical (unpaired) electrons. The fourth-order valence-corrected chi connectivity index (χ4v) is 3.59. The number of carbonyl (C=O) groups is 2. The molecule has 10 heteroatoms. The summed E-state index contributed by atoms with van der Waals surface area (Å²) in [6, 6.07) is 12.1. The molecule has 0 saturated carbocycles. The van der Waals surface area contributed by atoms with Gasteiger partial charge in [0.15, 0.2) is 6.61 Å². The number of sulfonamides is 1. The molecule has 0 aliphatic heterocycles. The molecular weight excluding hydrogens is 420 g/mol. The maximum absolute atomic E-state index is 12.2. The quantitative estimate of drug-likeness (QED) is 0.595. The van der Waals surface area contributed by atoms with Crippen LogP contribution in [0.1, 0.15) is 10.6 Å². The van der Waals surface area contributed by atoms with Crippen LogP contribution < -0.4 is 5.32 Å². The predicted molar refractivity (Wildman–Crippen MR) is 107 cm³/mol. The van der Waals surface area contributed by atoms with E-state index in [9.17, 15) is 18.0 Å². The van der Waals surface area contributed by atoms with Crippen molar-refractivity contribution in [3.8, 4) is 0 Å². The number of nitrogens with zero attached hydrogens (tertiary/aromatic N) is 1. The van der Waals surface area contributed by atoms with E-state index in [0.29, 0.717) is 16.0 Å². The lowest BCUT2D eigenvalue weighted by Gasteiger charge is -2.12. The summed E-state index contributed by atoms with van der Waals surface area (Å²) in [6.07, 6.45) is 0. The molecule has 0 atom stereocenters. The van der Waals surface area contributed by atoms with Crippen LogP contribution in [-0.4, -0.2) is 45.3 Å². The molecule has 3 rings (SSSR count). The average molecular weight is 437 g/mol. The molecule has 3 aromatic rings. The Hall–Kier alpha value is -2.88. The van der Waals surface area contributed by atoms with Gasteiger partial charge < -0.3 is 14.5 Å². The maximum Gasteiger partial charge on any atom is 0.374 e. The number of benzene rings is 2. The lowest BCUT2D eigenvalue weighted by Crippen LogP contribution is -2.23. The molecule has 0 fully saturated rings. The minimum absolute atomic E-state index is 0.0261. The summed E-state index contributed by atoms with van der Waals surface area (Å²) in [6.45, 7) is -0.568. The van der Waals surface area contributed by atoms with Crippen LogP contribution in [0.2, 0.25) is 5.02 Å². The van der Waals surface area contributed by atoms with Gasteiger partial charge in [0.2, 0.25) is 15.8 Å². The summed E-state index contributed by atoms with van der Waals surface area (Å²) >= 11 is 5.89. The van der Waals surface area contributed by atoms with Gasteiger partial charge in [0.1, 0.15) is 5.58 Å². The summed E-state index contributed by atoms with van der Waals surface area (Å²) in [5.41, 5.74) is 0.720. The Morgan fingerprint density at radius 2 is 1.90 bits per heavy atom. The number of hydrogen-bond donors (Lipinski definition) is 1. The number of amides is 1. The third kappa shape index (κ3) is 4.76. The average Bonchev–Trinajstić information content (AvgIpc) is 3.09. The summed E-state index contributed by atoms with van der Waals surface area (Å²) in [5.74, 6) is -1.50. The standard InChI is InChI=1S/C19H17ClN2O6S/c1-22(2)29(25,26)15-5-3-4-14(10-15)21-18(23)11-27-19(24)17-9-12-8-13(20)6-7-16(12)28-17/h3-10H,11H2,1-2H3,(H,21,23). The Bertz CT molecular complexity index is 1190. The van der Waals surface area contributed by atoms with E-state index in [1.807, 2.05) is 0 Å². The zero-order valence-corrected chi connectivity index (χ0v) is 17.1. The fraction of sp³-hybridized carbons (Fsp3) is 0.158. The van der Waals surface area contributed by atoms with Crippen molar-refractivity contribution >= 4 is 50.2 Å². The Morgan fingerprint density at radius 3 is 2.62 bits per heavy atom. The third-order valence-electron chi connectivity index (χ3n) is 3.91. The number of furan rings is 1. The zero-order valence-electron chi connectivity index (χ0n) is 15.5. The van der Waals surface area contributed by atoms with E-state index < -0.39 is 28.5 Å². The van der Waals surface area contributed by atoms with Gasteiger partial charge in [0.25, 0.3) is 5.91 Å². The number of nitrogens with one attached hydrogen (secondary N) is 1. The van der Waals surface area contributed by atoms with E-state index in [1.165, 1.54) is 44.4 Å². The number of fused-ring (bicyclic) bond motifs is 1. The van der Waals surface area contributed by atoms with E-state index in [2.05, 4.69) is 5.32 Å². The van der Waals surface area contributed by atoms with Crippen molar-refractivity contribution in [3.05, 3.63) is 59.3 Å². The number of ether oxygens (including phenoxy) is 1. The molecule has 1 heterocycles. The van der Waals surface area contributed by atoms with Gasteiger partial charge in [-0.25, -0.2) is 17.5 Å². The van der Waals surface area contributed by atoms with Crippen LogP contribution in [0.25, 0.3) is 11.0 Å². The van der Waals surface area contributed by atoms with Crippen molar-refractivity contribution in [1.29, 1.82) is 0 Å². The molecule has 0 bridgehead atoms. The lowest BCUT2D eigenvalue weighted by atomic mass is 10.2. The molecule has 1 N–H and O–H groups in total. The predicted octanol–water partition coefficient (Wildman–Crippen LogP) is 3.13. The van der Waals surface area contributed by atoms with Crippen LogP contribution in [0.5, 0.6) is 0 Å².